The Labute approximate surface area is 86.8 Å². The lowest BCUT2D eigenvalue weighted by Crippen LogP contribution is -2.12. The Kier molecular flexibility index (Phi) is 3.15. The summed E-state index contributed by atoms with van der Waals surface area (Å²) < 4.78 is 9.38. The molecule has 6 heteroatoms. The van der Waals surface area contributed by atoms with Crippen molar-refractivity contribution in [2.45, 2.75) is 25.4 Å². The van der Waals surface area contributed by atoms with Gasteiger partial charge < -0.3 is 15.8 Å². The summed E-state index contributed by atoms with van der Waals surface area (Å²) in [7, 11) is 0. The second-order valence-corrected chi connectivity index (χ2v) is 4.06. The van der Waals surface area contributed by atoms with Gasteiger partial charge in [-0.15, -0.1) is 0 Å². The zero-order chi connectivity index (χ0) is 9.80. The molecule has 1 aliphatic heterocycles. The van der Waals surface area contributed by atoms with E-state index in [9.17, 15) is 0 Å². The van der Waals surface area contributed by atoms with Gasteiger partial charge in [0.1, 0.15) is 0 Å². The van der Waals surface area contributed by atoms with Crippen molar-refractivity contribution in [3.63, 3.8) is 0 Å². The number of rotatable bonds is 4. The van der Waals surface area contributed by atoms with Crippen LogP contribution in [0.4, 0.5) is 11.1 Å². The molecule has 1 aliphatic rings. The van der Waals surface area contributed by atoms with Crippen LogP contribution < -0.4 is 11.1 Å². The molecule has 1 aromatic heterocycles. The first-order valence-corrected chi connectivity index (χ1v) is 5.56. The van der Waals surface area contributed by atoms with Crippen LogP contribution in [0.15, 0.2) is 0 Å². The predicted octanol–water partition coefficient (Wildman–Crippen LogP) is 1.10. The van der Waals surface area contributed by atoms with E-state index in [4.69, 9.17) is 10.5 Å². The molecule has 14 heavy (non-hydrogen) atoms. The highest BCUT2D eigenvalue weighted by atomic mass is 32.1. The number of nitrogens with two attached hydrogens (primary N) is 1. The van der Waals surface area contributed by atoms with Crippen LogP contribution in [0.25, 0.3) is 0 Å². The monoisotopic (exact) mass is 214 g/mol. The van der Waals surface area contributed by atoms with Crippen LogP contribution in [0.1, 0.15) is 19.3 Å². The predicted molar refractivity (Wildman–Crippen MR) is 56.4 cm³/mol. The van der Waals surface area contributed by atoms with Gasteiger partial charge in [-0.3, -0.25) is 0 Å². The maximum absolute atomic E-state index is 5.50. The van der Waals surface area contributed by atoms with Crippen molar-refractivity contribution in [3.8, 4) is 0 Å². The molecule has 5 nitrogen and oxygen atoms in total. The van der Waals surface area contributed by atoms with Crippen LogP contribution in [-0.2, 0) is 4.74 Å². The quantitative estimate of drug-likeness (QED) is 0.785. The molecule has 0 aromatic carbocycles. The van der Waals surface area contributed by atoms with Gasteiger partial charge in [-0.05, 0) is 19.3 Å². The molecular weight excluding hydrogens is 200 g/mol. The van der Waals surface area contributed by atoms with Crippen molar-refractivity contribution in [2.75, 3.05) is 24.2 Å². The lowest BCUT2D eigenvalue weighted by Gasteiger charge is -2.08. The molecule has 2 rings (SSSR count). The van der Waals surface area contributed by atoms with Crippen LogP contribution >= 0.6 is 11.5 Å². The van der Waals surface area contributed by atoms with E-state index in [1.165, 1.54) is 24.4 Å². The third-order valence-electron chi connectivity index (χ3n) is 2.21. The minimum absolute atomic E-state index is 0.342. The number of anilines is 2. The Morgan fingerprint density at radius 3 is 3.21 bits per heavy atom. The number of hydrogen-bond acceptors (Lipinski definition) is 6. The number of nitrogens with one attached hydrogen (secondary N) is 1. The molecule has 1 atom stereocenters. The van der Waals surface area contributed by atoms with E-state index in [0.29, 0.717) is 12.1 Å². The van der Waals surface area contributed by atoms with Crippen molar-refractivity contribution >= 4 is 22.6 Å². The van der Waals surface area contributed by atoms with Gasteiger partial charge in [-0.1, -0.05) is 0 Å². The number of hydrogen-bond donors (Lipinski definition) is 2. The molecule has 0 amide bonds. The van der Waals surface area contributed by atoms with E-state index in [2.05, 4.69) is 14.7 Å². The lowest BCUT2D eigenvalue weighted by molar-refractivity contribution is 0.107. The third-order valence-corrected chi connectivity index (χ3v) is 2.90. The van der Waals surface area contributed by atoms with E-state index in [1.54, 1.807) is 0 Å². The molecule has 1 aromatic rings. The van der Waals surface area contributed by atoms with Gasteiger partial charge >= 0.3 is 0 Å². The van der Waals surface area contributed by atoms with Crippen LogP contribution in [0.2, 0.25) is 0 Å². The molecule has 1 saturated heterocycles. The Bertz CT molecular complexity index is 285. The van der Waals surface area contributed by atoms with Crippen LogP contribution in [0.3, 0.4) is 0 Å². The van der Waals surface area contributed by atoms with Crippen LogP contribution in [-0.4, -0.2) is 28.6 Å². The largest absolute Gasteiger partial charge is 0.378 e. The highest BCUT2D eigenvalue weighted by Crippen LogP contribution is 2.16. The average Bonchev–Trinajstić information content (AvgIpc) is 2.77. The number of nitrogens with zero attached hydrogens (tertiary/aromatic N) is 2. The minimum Gasteiger partial charge on any atom is -0.378 e. The van der Waals surface area contributed by atoms with E-state index >= 15 is 0 Å². The molecule has 0 spiro atoms. The van der Waals surface area contributed by atoms with Gasteiger partial charge in [0.15, 0.2) is 0 Å². The van der Waals surface area contributed by atoms with E-state index < -0.39 is 0 Å². The maximum Gasteiger partial charge on any atom is 0.233 e. The van der Waals surface area contributed by atoms with Gasteiger partial charge in [0.25, 0.3) is 0 Å². The fourth-order valence-corrected chi connectivity index (χ4v) is 2.04. The summed E-state index contributed by atoms with van der Waals surface area (Å²) >= 11 is 1.29. The molecule has 0 radical (unpaired) electrons. The summed E-state index contributed by atoms with van der Waals surface area (Å²) in [6, 6.07) is 0. The molecule has 0 bridgehead atoms. The first-order chi connectivity index (χ1) is 6.84. The fraction of sp³-hybridized carbons (Fsp3) is 0.750. The zero-order valence-corrected chi connectivity index (χ0v) is 8.72. The second kappa shape index (κ2) is 4.56. The molecular formula is C8H14N4OS. The first kappa shape index (κ1) is 9.67. The maximum atomic E-state index is 5.50. The Morgan fingerprint density at radius 2 is 2.57 bits per heavy atom. The minimum atomic E-state index is 0.342. The fourth-order valence-electron chi connectivity index (χ4n) is 1.52. The average molecular weight is 214 g/mol. The van der Waals surface area contributed by atoms with Crippen LogP contribution in [0.5, 0.6) is 0 Å². The Balaban J connectivity index is 1.67. The lowest BCUT2D eigenvalue weighted by atomic mass is 10.2. The number of aromatic nitrogens is 2. The number of ether oxygens (including phenoxy) is 1. The van der Waals surface area contributed by atoms with Crippen molar-refractivity contribution in [2.24, 2.45) is 0 Å². The standard InChI is InChI=1S/C8H14N4OS/c9-7-11-8(14-12-7)10-4-3-6-2-1-5-13-6/h6H,1-5H2,(H3,9,10,11,12). The van der Waals surface area contributed by atoms with Gasteiger partial charge in [-0.25, -0.2) is 0 Å². The number of nitrogen functional groups attached to an aromatic ring is 1. The summed E-state index contributed by atoms with van der Waals surface area (Å²) in [5, 5.41) is 3.97. The third kappa shape index (κ3) is 2.55. The highest BCUT2D eigenvalue weighted by Gasteiger charge is 2.14. The Hall–Kier alpha value is -0.880. The topological polar surface area (TPSA) is 73.1 Å². The summed E-state index contributed by atoms with van der Waals surface area (Å²) in [5.74, 6) is 0.342. The zero-order valence-electron chi connectivity index (χ0n) is 7.90. The molecule has 2 heterocycles. The SMILES string of the molecule is Nc1nsc(NCCC2CCCO2)n1. The van der Waals surface area contributed by atoms with E-state index in [1.807, 2.05) is 0 Å². The second-order valence-electron chi connectivity index (χ2n) is 3.31. The normalized spacial score (nSPS) is 21.3. The molecule has 0 aliphatic carbocycles. The molecule has 78 valence electrons. The summed E-state index contributed by atoms with van der Waals surface area (Å²) in [4.78, 5) is 4.01. The van der Waals surface area contributed by atoms with Gasteiger partial charge in [-0.2, -0.15) is 9.36 Å². The van der Waals surface area contributed by atoms with Gasteiger partial charge in [0.2, 0.25) is 11.1 Å². The highest BCUT2D eigenvalue weighted by molar-refractivity contribution is 7.09. The van der Waals surface area contributed by atoms with Gasteiger partial charge in [0.05, 0.1) is 6.10 Å². The van der Waals surface area contributed by atoms with E-state index in [0.717, 1.165) is 24.7 Å². The summed E-state index contributed by atoms with van der Waals surface area (Å²) in [5.41, 5.74) is 5.40. The first-order valence-electron chi connectivity index (χ1n) is 4.79. The van der Waals surface area contributed by atoms with Crippen LogP contribution in [0, 0.1) is 0 Å². The van der Waals surface area contributed by atoms with E-state index in [-0.39, 0.29) is 0 Å². The molecule has 1 fully saturated rings. The molecule has 0 saturated carbocycles. The smallest absolute Gasteiger partial charge is 0.233 e. The molecule has 3 N–H and O–H groups in total. The van der Waals surface area contributed by atoms with Crippen molar-refractivity contribution < 1.29 is 4.74 Å². The van der Waals surface area contributed by atoms with Gasteiger partial charge in [0, 0.05) is 24.7 Å². The molecule has 1 unspecified atom stereocenters. The van der Waals surface area contributed by atoms with Crippen molar-refractivity contribution in [1.29, 1.82) is 0 Å². The Morgan fingerprint density at radius 1 is 1.64 bits per heavy atom. The summed E-state index contributed by atoms with van der Waals surface area (Å²) in [6.07, 6.45) is 3.82. The van der Waals surface area contributed by atoms with Crippen molar-refractivity contribution in [1.82, 2.24) is 9.36 Å². The summed E-state index contributed by atoms with van der Waals surface area (Å²) in [6.45, 7) is 1.79. The van der Waals surface area contributed by atoms with Crippen molar-refractivity contribution in [3.05, 3.63) is 0 Å².